The average Bonchev–Trinajstić information content (AvgIpc) is 2.99. The molecule has 244 valence electrons. The molecule has 0 amide bonds. The fourth-order valence-corrected chi connectivity index (χ4v) is 4.17. The van der Waals surface area contributed by atoms with Crippen molar-refractivity contribution in [2.24, 2.45) is 0 Å². The first kappa shape index (κ1) is 39.2. The van der Waals surface area contributed by atoms with E-state index in [0.29, 0.717) is 46.6 Å². The Morgan fingerprint density at radius 1 is 0.432 bits per heavy atom. The Labute approximate surface area is 287 Å². The minimum Gasteiger partial charge on any atom is -0.366 e. The number of rotatable bonds is 8. The summed E-state index contributed by atoms with van der Waals surface area (Å²) < 4.78 is 0. The molecule has 0 radical (unpaired) electrons. The first-order valence-corrected chi connectivity index (χ1v) is 16.2. The quantitative estimate of drug-likeness (QED) is 0.191. The van der Waals surface area contributed by atoms with E-state index < -0.39 is 0 Å². The number of hydrogen-bond acceptors (Lipinski definition) is 4. The molecule has 0 aliphatic heterocycles. The van der Waals surface area contributed by atoms with Gasteiger partial charge in [0.1, 0.15) is 0 Å². The lowest BCUT2D eigenvalue weighted by atomic mass is 9.85. The van der Waals surface area contributed by atoms with Gasteiger partial charge in [-0.3, -0.25) is 0 Å². The van der Waals surface area contributed by atoms with Crippen LogP contribution in [0.25, 0.3) is 0 Å². The summed E-state index contributed by atoms with van der Waals surface area (Å²) in [7, 11) is 7.26. The zero-order chi connectivity index (χ0) is 33.5. The summed E-state index contributed by atoms with van der Waals surface area (Å²) in [6.45, 7) is 16.1. The Morgan fingerprint density at radius 3 is 0.795 bits per heavy atom. The van der Waals surface area contributed by atoms with Gasteiger partial charge in [-0.05, 0) is 93.1 Å². The summed E-state index contributed by atoms with van der Waals surface area (Å²) in [6.07, 6.45) is 0. The van der Waals surface area contributed by atoms with E-state index in [-0.39, 0.29) is 10.8 Å². The summed E-state index contributed by atoms with van der Waals surface area (Å²) in [5.41, 5.74) is 7.61. The van der Waals surface area contributed by atoms with Gasteiger partial charge in [-0.2, -0.15) is 0 Å². The molecular formula is C32H52N8S4. The molecule has 0 saturated heterocycles. The summed E-state index contributed by atoms with van der Waals surface area (Å²) >= 11 is 20.5. The van der Waals surface area contributed by atoms with Gasteiger partial charge >= 0.3 is 0 Å². The fourth-order valence-electron chi connectivity index (χ4n) is 3.88. The third-order valence-electron chi connectivity index (χ3n) is 6.56. The van der Waals surface area contributed by atoms with Crippen molar-refractivity contribution in [2.75, 3.05) is 28.2 Å². The number of thiocarbonyl (C=S) groups is 4. The second-order valence-corrected chi connectivity index (χ2v) is 13.9. The van der Waals surface area contributed by atoms with E-state index in [2.05, 4.69) is 120 Å². The molecule has 0 atom stereocenters. The van der Waals surface area contributed by atoms with Crippen molar-refractivity contribution in [1.82, 2.24) is 42.5 Å². The predicted molar refractivity (Wildman–Crippen MR) is 204 cm³/mol. The fraction of sp³-hybridized carbons (Fsp3) is 0.500. The molecule has 44 heavy (non-hydrogen) atoms. The van der Waals surface area contributed by atoms with Crippen molar-refractivity contribution in [2.45, 2.75) is 78.6 Å². The summed E-state index contributed by atoms with van der Waals surface area (Å²) in [5, 5.41) is 27.1. The van der Waals surface area contributed by atoms with Gasteiger partial charge in [0.15, 0.2) is 20.4 Å². The molecule has 0 heterocycles. The average molecular weight is 677 g/mol. The van der Waals surface area contributed by atoms with Crippen LogP contribution < -0.4 is 42.5 Å². The molecule has 0 fully saturated rings. The van der Waals surface area contributed by atoms with Gasteiger partial charge in [-0.15, -0.1) is 0 Å². The van der Waals surface area contributed by atoms with Crippen molar-refractivity contribution in [3.63, 3.8) is 0 Å². The highest BCUT2D eigenvalue weighted by molar-refractivity contribution is 7.80. The van der Waals surface area contributed by atoms with Crippen LogP contribution in [-0.4, -0.2) is 48.6 Å². The first-order valence-electron chi connectivity index (χ1n) is 14.6. The molecule has 2 aromatic rings. The Hall–Kier alpha value is -2.80. The minimum absolute atomic E-state index is 0.0950. The molecule has 8 nitrogen and oxygen atoms in total. The molecule has 0 aliphatic rings. The molecule has 2 rings (SSSR count). The molecule has 0 aromatic heterocycles. The van der Waals surface area contributed by atoms with Crippen molar-refractivity contribution < 1.29 is 0 Å². The Bertz CT molecular complexity index is 1090. The SMILES string of the molecule is CNC(=S)NCc1cc(CNC(=S)NC)cc(C(C)(C)C)c1.CNC(=S)NCc1cc(CNC(=S)NC)cc(C(C)(C)C)c1. The Morgan fingerprint density at radius 2 is 0.636 bits per heavy atom. The van der Waals surface area contributed by atoms with Crippen molar-refractivity contribution in [3.05, 3.63) is 69.8 Å². The van der Waals surface area contributed by atoms with Gasteiger partial charge in [0.25, 0.3) is 0 Å². The molecular weight excluding hydrogens is 625 g/mol. The number of benzene rings is 2. The largest absolute Gasteiger partial charge is 0.366 e. The molecule has 12 heteroatoms. The smallest absolute Gasteiger partial charge is 0.166 e. The van der Waals surface area contributed by atoms with Crippen LogP contribution in [0.5, 0.6) is 0 Å². The maximum atomic E-state index is 5.13. The normalized spacial score (nSPS) is 10.8. The molecule has 2 aromatic carbocycles. The zero-order valence-electron chi connectivity index (χ0n) is 27.9. The summed E-state index contributed by atoms with van der Waals surface area (Å²) in [5.74, 6) is 0. The molecule has 0 unspecified atom stereocenters. The van der Waals surface area contributed by atoms with Crippen molar-refractivity contribution >= 4 is 69.3 Å². The van der Waals surface area contributed by atoms with E-state index in [1.807, 2.05) is 28.2 Å². The maximum absolute atomic E-state index is 5.13. The van der Waals surface area contributed by atoms with Crippen LogP contribution in [0.3, 0.4) is 0 Å². The van der Waals surface area contributed by atoms with Crippen LogP contribution in [0.15, 0.2) is 36.4 Å². The topological polar surface area (TPSA) is 96.2 Å². The number of hydrogen-bond donors (Lipinski definition) is 8. The standard InChI is InChI=1S/2C16H26N4S2/c2*1-16(2,3)13-7-11(9-19-14(21)17-4)6-12(8-13)10-20-15(22)18-5/h2*6-8H,9-10H2,1-5H3,(H2,17,19,21)(H2,18,20,22). The van der Waals surface area contributed by atoms with Gasteiger partial charge in [-0.1, -0.05) is 77.9 Å². The van der Waals surface area contributed by atoms with Gasteiger partial charge in [0, 0.05) is 54.4 Å². The highest BCUT2D eigenvalue weighted by atomic mass is 32.1. The first-order chi connectivity index (χ1) is 20.5. The Balaban J connectivity index is 0.000000440. The second kappa shape index (κ2) is 18.9. The predicted octanol–water partition coefficient (Wildman–Crippen LogP) is 4.34. The lowest BCUT2D eigenvalue weighted by Crippen LogP contribution is -2.32. The van der Waals surface area contributed by atoms with Gasteiger partial charge in [0.05, 0.1) is 0 Å². The summed E-state index contributed by atoms with van der Waals surface area (Å²) in [6, 6.07) is 13.3. The molecule has 8 N–H and O–H groups in total. The van der Waals surface area contributed by atoms with Crippen LogP contribution in [-0.2, 0) is 37.0 Å². The van der Waals surface area contributed by atoms with Gasteiger partial charge in [-0.25, -0.2) is 0 Å². The highest BCUT2D eigenvalue weighted by Crippen LogP contribution is 2.26. The van der Waals surface area contributed by atoms with Gasteiger partial charge < -0.3 is 42.5 Å². The second-order valence-electron chi connectivity index (χ2n) is 12.3. The van der Waals surface area contributed by atoms with Crippen molar-refractivity contribution in [3.8, 4) is 0 Å². The lowest BCUT2D eigenvalue weighted by Gasteiger charge is -2.22. The van der Waals surface area contributed by atoms with Crippen LogP contribution in [0.2, 0.25) is 0 Å². The molecule has 0 spiro atoms. The molecule has 0 aliphatic carbocycles. The van der Waals surface area contributed by atoms with Crippen molar-refractivity contribution in [1.29, 1.82) is 0 Å². The molecule has 0 bridgehead atoms. The monoisotopic (exact) mass is 676 g/mol. The molecule has 0 saturated carbocycles. The maximum Gasteiger partial charge on any atom is 0.166 e. The Kier molecular flexibility index (Phi) is 16.8. The van der Waals surface area contributed by atoms with Crippen LogP contribution >= 0.6 is 48.9 Å². The van der Waals surface area contributed by atoms with E-state index >= 15 is 0 Å². The van der Waals surface area contributed by atoms with Crippen LogP contribution in [0.4, 0.5) is 0 Å². The van der Waals surface area contributed by atoms with Crippen LogP contribution in [0, 0.1) is 0 Å². The minimum atomic E-state index is 0.0950. The number of nitrogens with one attached hydrogen (secondary N) is 8. The third kappa shape index (κ3) is 15.3. The lowest BCUT2D eigenvalue weighted by molar-refractivity contribution is 0.587. The van der Waals surface area contributed by atoms with E-state index in [1.54, 1.807) is 0 Å². The zero-order valence-corrected chi connectivity index (χ0v) is 31.2. The van der Waals surface area contributed by atoms with E-state index in [9.17, 15) is 0 Å². The van der Waals surface area contributed by atoms with Gasteiger partial charge in [0.2, 0.25) is 0 Å². The van der Waals surface area contributed by atoms with E-state index in [0.717, 1.165) is 0 Å². The van der Waals surface area contributed by atoms with Crippen LogP contribution in [0.1, 0.15) is 74.9 Å². The third-order valence-corrected chi connectivity index (χ3v) is 7.95. The van der Waals surface area contributed by atoms with E-state index in [1.165, 1.54) is 33.4 Å². The van der Waals surface area contributed by atoms with E-state index in [4.69, 9.17) is 48.9 Å². The highest BCUT2D eigenvalue weighted by Gasteiger charge is 2.17. The summed E-state index contributed by atoms with van der Waals surface area (Å²) in [4.78, 5) is 0.